The van der Waals surface area contributed by atoms with Crippen molar-refractivity contribution in [2.24, 2.45) is 11.8 Å². The molecule has 1 aliphatic heterocycles. The van der Waals surface area contributed by atoms with Crippen molar-refractivity contribution < 1.29 is 4.79 Å². The Hall–Kier alpha value is -2.13. The zero-order chi connectivity index (χ0) is 19.9. The lowest BCUT2D eigenvalue weighted by Gasteiger charge is -2.28. The van der Waals surface area contributed by atoms with E-state index >= 15 is 0 Å². The van der Waals surface area contributed by atoms with Gasteiger partial charge in [-0.15, -0.1) is 0 Å². The molecule has 1 unspecified atom stereocenters. The third-order valence-corrected chi connectivity index (χ3v) is 6.37. The molecule has 1 N–H and O–H groups in total. The molecule has 0 bridgehead atoms. The maximum Gasteiger partial charge on any atom is 0.239 e. The second kappa shape index (κ2) is 7.36. The van der Waals surface area contributed by atoms with Crippen molar-refractivity contribution >= 4 is 23.3 Å². The summed E-state index contributed by atoms with van der Waals surface area (Å²) >= 11 is 6.18. The Balaban J connectivity index is 1.72. The molecule has 0 radical (unpaired) electrons. The van der Waals surface area contributed by atoms with Gasteiger partial charge in [0, 0.05) is 18.0 Å². The van der Waals surface area contributed by atoms with Gasteiger partial charge in [-0.1, -0.05) is 61.8 Å². The van der Waals surface area contributed by atoms with Crippen LogP contribution in [0.15, 0.2) is 48.5 Å². The summed E-state index contributed by atoms with van der Waals surface area (Å²) in [5.74, 6) is 1.47. The minimum absolute atomic E-state index is 0.129. The lowest BCUT2D eigenvalue weighted by Crippen LogP contribution is -2.40. The Morgan fingerprint density at radius 3 is 2.46 bits per heavy atom. The number of hydrogen-bond donors (Lipinski definition) is 1. The molecule has 1 aliphatic carbocycles. The molecular weight excluding hydrogens is 368 g/mol. The highest BCUT2D eigenvalue weighted by Crippen LogP contribution is 2.54. The van der Waals surface area contributed by atoms with E-state index in [1.165, 1.54) is 0 Å². The smallest absolute Gasteiger partial charge is 0.239 e. The topological polar surface area (TPSA) is 44.2 Å². The molecule has 2 aliphatic rings. The quantitative estimate of drug-likeness (QED) is 0.650. The van der Waals surface area contributed by atoms with Crippen molar-refractivity contribution in [3.63, 3.8) is 0 Å². The van der Waals surface area contributed by atoms with Crippen LogP contribution in [0, 0.1) is 17.2 Å². The van der Waals surface area contributed by atoms with E-state index in [9.17, 15) is 4.79 Å². The van der Waals surface area contributed by atoms with Crippen LogP contribution in [0.2, 0.25) is 5.02 Å². The predicted molar refractivity (Wildman–Crippen MR) is 115 cm³/mol. The van der Waals surface area contributed by atoms with Crippen LogP contribution in [-0.4, -0.2) is 23.2 Å². The molecule has 3 nitrogen and oxygen atoms in total. The van der Waals surface area contributed by atoms with Gasteiger partial charge in [0.05, 0.1) is 5.41 Å². The standard InChI is InChI=1S/C24H27ClN2O/c1-16(2)11-12-27-22(26)15-24(23(27)28,19-9-10-19)20-7-3-5-17(13-20)18-6-4-8-21(25)14-18/h3-8,13-14,16,19,26H,9-12,15H2,1-2H3. The molecule has 4 heteroatoms. The van der Waals surface area contributed by atoms with Crippen LogP contribution in [0.4, 0.5) is 0 Å². The van der Waals surface area contributed by atoms with Crippen LogP contribution >= 0.6 is 11.6 Å². The van der Waals surface area contributed by atoms with E-state index in [2.05, 4.69) is 32.0 Å². The van der Waals surface area contributed by atoms with Crippen LogP contribution in [0.1, 0.15) is 45.1 Å². The van der Waals surface area contributed by atoms with Gasteiger partial charge in [-0.3, -0.25) is 15.1 Å². The molecular formula is C24H27ClN2O. The normalized spacial score (nSPS) is 22.4. The van der Waals surface area contributed by atoms with Gasteiger partial charge < -0.3 is 0 Å². The molecule has 1 amide bonds. The third kappa shape index (κ3) is 3.37. The third-order valence-electron chi connectivity index (χ3n) is 6.14. The van der Waals surface area contributed by atoms with Gasteiger partial charge in [0.2, 0.25) is 5.91 Å². The molecule has 0 aromatic heterocycles. The Labute approximate surface area is 172 Å². The monoisotopic (exact) mass is 394 g/mol. The highest BCUT2D eigenvalue weighted by atomic mass is 35.5. The molecule has 2 aromatic carbocycles. The predicted octanol–water partition coefficient (Wildman–Crippen LogP) is 5.91. The molecule has 1 saturated heterocycles. The summed E-state index contributed by atoms with van der Waals surface area (Å²) in [4.78, 5) is 15.3. The SMILES string of the molecule is CC(C)CCN1C(=N)CC(c2cccc(-c3cccc(Cl)c3)c2)(C2CC2)C1=O. The summed E-state index contributed by atoms with van der Waals surface area (Å²) < 4.78 is 0. The van der Waals surface area contributed by atoms with Crippen LogP contribution in [-0.2, 0) is 10.2 Å². The fourth-order valence-corrected chi connectivity index (χ4v) is 4.61. The van der Waals surface area contributed by atoms with Crippen molar-refractivity contribution in [3.8, 4) is 11.1 Å². The lowest BCUT2D eigenvalue weighted by molar-refractivity contribution is -0.131. The Morgan fingerprint density at radius 1 is 1.14 bits per heavy atom. The Bertz CT molecular complexity index is 918. The number of amides is 1. The maximum atomic E-state index is 13.6. The van der Waals surface area contributed by atoms with E-state index in [-0.39, 0.29) is 5.91 Å². The average molecular weight is 395 g/mol. The van der Waals surface area contributed by atoms with E-state index in [1.54, 1.807) is 4.90 Å². The van der Waals surface area contributed by atoms with Gasteiger partial charge in [0.25, 0.3) is 0 Å². The van der Waals surface area contributed by atoms with Gasteiger partial charge in [-0.25, -0.2) is 0 Å². The van der Waals surface area contributed by atoms with E-state index < -0.39 is 5.41 Å². The van der Waals surface area contributed by atoms with Crippen molar-refractivity contribution in [1.29, 1.82) is 5.41 Å². The number of carbonyl (C=O) groups excluding carboxylic acids is 1. The number of nitrogens with zero attached hydrogens (tertiary/aromatic N) is 1. The largest absolute Gasteiger partial charge is 0.300 e. The molecule has 2 aromatic rings. The first-order valence-electron chi connectivity index (χ1n) is 10.2. The van der Waals surface area contributed by atoms with Crippen LogP contribution in [0.25, 0.3) is 11.1 Å². The fourth-order valence-electron chi connectivity index (χ4n) is 4.42. The summed E-state index contributed by atoms with van der Waals surface area (Å²) in [5.41, 5.74) is 2.61. The van der Waals surface area contributed by atoms with Crippen LogP contribution < -0.4 is 0 Å². The number of rotatable bonds is 6. The summed E-state index contributed by atoms with van der Waals surface area (Å²) in [6.45, 7) is 4.97. The molecule has 146 valence electrons. The zero-order valence-corrected chi connectivity index (χ0v) is 17.3. The minimum Gasteiger partial charge on any atom is -0.300 e. The van der Waals surface area contributed by atoms with E-state index in [4.69, 9.17) is 17.0 Å². The zero-order valence-electron chi connectivity index (χ0n) is 16.5. The molecule has 1 atom stereocenters. The van der Waals surface area contributed by atoms with Gasteiger partial charge in [0.1, 0.15) is 5.84 Å². The number of halogens is 1. The Morgan fingerprint density at radius 2 is 1.82 bits per heavy atom. The van der Waals surface area contributed by atoms with E-state index in [0.29, 0.717) is 35.7 Å². The second-order valence-electron chi connectivity index (χ2n) is 8.60. The fraction of sp³-hybridized carbons (Fsp3) is 0.417. The van der Waals surface area contributed by atoms with Crippen LogP contribution in [0.3, 0.4) is 0 Å². The van der Waals surface area contributed by atoms with Crippen molar-refractivity contribution in [3.05, 3.63) is 59.1 Å². The maximum absolute atomic E-state index is 13.6. The number of likely N-dealkylation sites (tertiary alicyclic amines) is 1. The van der Waals surface area contributed by atoms with Crippen molar-refractivity contribution in [2.45, 2.75) is 44.9 Å². The van der Waals surface area contributed by atoms with Gasteiger partial charge >= 0.3 is 0 Å². The molecule has 0 spiro atoms. The highest BCUT2D eigenvalue weighted by molar-refractivity contribution is 6.30. The van der Waals surface area contributed by atoms with Crippen molar-refractivity contribution in [1.82, 2.24) is 4.90 Å². The van der Waals surface area contributed by atoms with Gasteiger partial charge in [-0.05, 0) is 59.9 Å². The average Bonchev–Trinajstić information content (AvgIpc) is 3.48. The minimum atomic E-state index is -0.567. The lowest BCUT2D eigenvalue weighted by atomic mass is 9.73. The molecule has 28 heavy (non-hydrogen) atoms. The van der Waals surface area contributed by atoms with Gasteiger partial charge in [-0.2, -0.15) is 0 Å². The summed E-state index contributed by atoms with van der Waals surface area (Å²) in [5, 5.41) is 9.25. The number of nitrogens with one attached hydrogen (secondary N) is 1. The first-order chi connectivity index (χ1) is 13.4. The van der Waals surface area contributed by atoms with E-state index in [1.807, 2.05) is 30.3 Å². The Kier molecular flexibility index (Phi) is 5.05. The van der Waals surface area contributed by atoms with Gasteiger partial charge in [0.15, 0.2) is 0 Å². The number of carbonyl (C=O) groups is 1. The first-order valence-corrected chi connectivity index (χ1v) is 10.6. The second-order valence-corrected chi connectivity index (χ2v) is 9.04. The van der Waals surface area contributed by atoms with Crippen molar-refractivity contribution in [2.75, 3.05) is 6.54 Å². The number of amidine groups is 1. The van der Waals surface area contributed by atoms with E-state index in [0.717, 1.165) is 36.0 Å². The number of benzene rings is 2. The summed E-state index contributed by atoms with van der Waals surface area (Å²) in [6, 6.07) is 16.1. The first kappa shape index (κ1) is 19.2. The molecule has 1 saturated carbocycles. The molecule has 4 rings (SSSR count). The number of hydrogen-bond acceptors (Lipinski definition) is 2. The van der Waals surface area contributed by atoms with Crippen LogP contribution in [0.5, 0.6) is 0 Å². The molecule has 2 fully saturated rings. The summed E-state index contributed by atoms with van der Waals surface area (Å²) in [6.07, 6.45) is 3.59. The summed E-state index contributed by atoms with van der Waals surface area (Å²) in [7, 11) is 0. The molecule has 1 heterocycles. The highest BCUT2D eigenvalue weighted by Gasteiger charge is 2.58.